The summed E-state index contributed by atoms with van der Waals surface area (Å²) in [5.41, 5.74) is 1.76. The molecule has 0 aliphatic carbocycles. The summed E-state index contributed by atoms with van der Waals surface area (Å²) in [6.45, 7) is 0.775. The summed E-state index contributed by atoms with van der Waals surface area (Å²) in [4.78, 5) is 27.6. The van der Waals surface area contributed by atoms with Crippen LogP contribution in [0, 0.1) is 0 Å². The second kappa shape index (κ2) is 9.13. The molecule has 1 aliphatic heterocycles. The van der Waals surface area contributed by atoms with E-state index < -0.39 is 0 Å². The van der Waals surface area contributed by atoms with Crippen LogP contribution in [-0.4, -0.2) is 25.6 Å². The van der Waals surface area contributed by atoms with E-state index in [0.717, 1.165) is 16.5 Å². The number of carbonyl (C=O) groups excluding carboxylic acids is 2. The van der Waals surface area contributed by atoms with Crippen LogP contribution in [0.5, 0.6) is 0 Å². The number of aromatic nitrogens is 1. The minimum absolute atomic E-state index is 0.136. The highest BCUT2D eigenvalue weighted by Gasteiger charge is 2.32. The highest BCUT2D eigenvalue weighted by molar-refractivity contribution is 8.26. The fourth-order valence-corrected chi connectivity index (χ4v) is 4.91. The molecule has 33 heavy (non-hydrogen) atoms. The van der Waals surface area contributed by atoms with Crippen LogP contribution in [0.15, 0.2) is 81.0 Å². The number of nitrogens with zero attached hydrogens (tertiary/aromatic N) is 2. The molecule has 3 aromatic heterocycles. The molecule has 2 amide bonds. The first-order valence-electron chi connectivity index (χ1n) is 10.2. The monoisotopic (exact) mass is 477 g/mol. The molecule has 0 unspecified atom stereocenters. The molecule has 0 radical (unpaired) electrons. The molecule has 1 N–H and O–H groups in total. The minimum Gasteiger partial charge on any atom is -0.467 e. The zero-order chi connectivity index (χ0) is 22.8. The lowest BCUT2D eigenvalue weighted by atomic mass is 10.1. The molecule has 1 fully saturated rings. The van der Waals surface area contributed by atoms with Crippen molar-refractivity contribution in [2.24, 2.45) is 0 Å². The van der Waals surface area contributed by atoms with Crippen molar-refractivity contribution >= 4 is 57.1 Å². The van der Waals surface area contributed by atoms with Crippen molar-refractivity contribution in [1.29, 1.82) is 0 Å². The topological polar surface area (TPSA) is 80.6 Å². The third kappa shape index (κ3) is 4.50. The van der Waals surface area contributed by atoms with Gasteiger partial charge in [-0.15, -0.1) is 0 Å². The Kier molecular flexibility index (Phi) is 5.89. The Morgan fingerprint density at radius 3 is 2.58 bits per heavy atom. The first-order chi connectivity index (χ1) is 16.1. The summed E-state index contributed by atoms with van der Waals surface area (Å²) in [5, 5.41) is 3.81. The average Bonchev–Trinajstić information content (AvgIpc) is 3.61. The highest BCUT2D eigenvalue weighted by Crippen LogP contribution is 2.35. The Bertz CT molecular complexity index is 1350. The van der Waals surface area contributed by atoms with Crippen molar-refractivity contribution in [3.05, 3.63) is 89.2 Å². The lowest BCUT2D eigenvalue weighted by Gasteiger charge is -2.11. The van der Waals surface area contributed by atoms with Crippen LogP contribution in [0.3, 0.4) is 0 Å². The molecule has 0 saturated carbocycles. The second-order valence-electron chi connectivity index (χ2n) is 7.43. The van der Waals surface area contributed by atoms with Gasteiger partial charge in [-0.05, 0) is 36.4 Å². The number of thioether (sulfide) groups is 1. The largest absolute Gasteiger partial charge is 0.467 e. The van der Waals surface area contributed by atoms with E-state index >= 15 is 0 Å². The third-order valence-electron chi connectivity index (χ3n) is 5.23. The lowest BCUT2D eigenvalue weighted by Crippen LogP contribution is -2.27. The van der Waals surface area contributed by atoms with E-state index in [-0.39, 0.29) is 18.4 Å². The number of nitrogens with one attached hydrogen (secondary N) is 1. The van der Waals surface area contributed by atoms with Crippen molar-refractivity contribution < 1.29 is 18.4 Å². The number of carbonyl (C=O) groups is 2. The Morgan fingerprint density at radius 2 is 1.82 bits per heavy atom. The van der Waals surface area contributed by atoms with E-state index in [4.69, 9.17) is 21.1 Å². The number of furan rings is 2. The van der Waals surface area contributed by atoms with Gasteiger partial charge in [0.05, 0.1) is 30.5 Å². The van der Waals surface area contributed by atoms with Crippen molar-refractivity contribution in [1.82, 2.24) is 14.8 Å². The van der Waals surface area contributed by atoms with Crippen molar-refractivity contribution in [2.45, 2.75) is 19.6 Å². The zero-order valence-electron chi connectivity index (χ0n) is 17.4. The van der Waals surface area contributed by atoms with Gasteiger partial charge >= 0.3 is 0 Å². The molecule has 0 bridgehead atoms. The summed E-state index contributed by atoms with van der Waals surface area (Å²) in [7, 11) is 0. The van der Waals surface area contributed by atoms with Crippen LogP contribution in [0.1, 0.15) is 17.1 Å². The van der Waals surface area contributed by atoms with Gasteiger partial charge in [0.2, 0.25) is 5.91 Å². The van der Waals surface area contributed by atoms with Gasteiger partial charge < -0.3 is 18.7 Å². The first kappa shape index (κ1) is 21.3. The molecule has 5 rings (SSSR count). The number of amides is 2. The molecule has 166 valence electrons. The van der Waals surface area contributed by atoms with Crippen LogP contribution in [0.25, 0.3) is 17.0 Å². The van der Waals surface area contributed by atoms with Crippen LogP contribution < -0.4 is 5.32 Å². The molecule has 1 aliphatic rings. The average molecular weight is 478 g/mol. The number of rotatable bonds is 7. The molecule has 4 heterocycles. The van der Waals surface area contributed by atoms with E-state index in [1.807, 2.05) is 53.2 Å². The van der Waals surface area contributed by atoms with Gasteiger partial charge in [0, 0.05) is 22.7 Å². The fourth-order valence-electron chi connectivity index (χ4n) is 3.67. The van der Waals surface area contributed by atoms with E-state index in [0.29, 0.717) is 33.8 Å². The van der Waals surface area contributed by atoms with Crippen molar-refractivity contribution in [3.63, 3.8) is 0 Å². The van der Waals surface area contributed by atoms with E-state index in [9.17, 15) is 9.59 Å². The second-order valence-corrected chi connectivity index (χ2v) is 9.11. The molecule has 4 aromatic rings. The first-order valence-corrected chi connectivity index (χ1v) is 11.5. The standard InChI is InChI=1S/C24H19N3O4S2/c28-22(25-12-17-5-3-9-30-17)15-26-13-16(19-7-1-2-8-20(19)26)11-21-23(29)27(24(32)33-21)14-18-6-4-10-31-18/h1-11,13H,12,14-15H2,(H,25,28)/b21-11-. The van der Waals surface area contributed by atoms with Gasteiger partial charge in [0.1, 0.15) is 22.4 Å². The molecule has 0 atom stereocenters. The number of hydrogen-bond donors (Lipinski definition) is 1. The van der Waals surface area contributed by atoms with Gasteiger partial charge in [-0.1, -0.05) is 42.2 Å². The number of para-hydroxylation sites is 1. The maximum Gasteiger partial charge on any atom is 0.266 e. The molecule has 9 heteroatoms. The summed E-state index contributed by atoms with van der Waals surface area (Å²) in [6.07, 6.45) is 6.87. The summed E-state index contributed by atoms with van der Waals surface area (Å²) < 4.78 is 13.0. The summed E-state index contributed by atoms with van der Waals surface area (Å²) >= 11 is 6.69. The van der Waals surface area contributed by atoms with Gasteiger partial charge in [-0.2, -0.15) is 0 Å². The Morgan fingerprint density at radius 1 is 1.06 bits per heavy atom. The fraction of sp³-hybridized carbons (Fsp3) is 0.125. The number of hydrogen-bond acceptors (Lipinski definition) is 6. The molecule has 7 nitrogen and oxygen atoms in total. The zero-order valence-corrected chi connectivity index (χ0v) is 19.0. The Balaban J connectivity index is 1.37. The number of benzene rings is 1. The molecular weight excluding hydrogens is 458 g/mol. The predicted molar refractivity (Wildman–Crippen MR) is 130 cm³/mol. The van der Waals surface area contributed by atoms with Gasteiger partial charge in [0.25, 0.3) is 5.91 Å². The van der Waals surface area contributed by atoms with Gasteiger partial charge in [-0.25, -0.2) is 0 Å². The maximum absolute atomic E-state index is 13.0. The van der Waals surface area contributed by atoms with Gasteiger partial charge in [-0.3, -0.25) is 14.5 Å². The van der Waals surface area contributed by atoms with Crippen molar-refractivity contribution in [3.8, 4) is 0 Å². The lowest BCUT2D eigenvalue weighted by molar-refractivity contribution is -0.123. The van der Waals surface area contributed by atoms with Crippen LogP contribution in [0.2, 0.25) is 0 Å². The van der Waals surface area contributed by atoms with Crippen LogP contribution >= 0.6 is 24.0 Å². The molecule has 0 spiro atoms. The Hall–Kier alpha value is -3.56. The quantitative estimate of drug-likeness (QED) is 0.311. The highest BCUT2D eigenvalue weighted by atomic mass is 32.2. The van der Waals surface area contributed by atoms with Crippen LogP contribution in [-0.2, 0) is 29.2 Å². The van der Waals surface area contributed by atoms with Crippen LogP contribution in [0.4, 0.5) is 0 Å². The molecule has 1 aromatic carbocycles. The van der Waals surface area contributed by atoms with E-state index in [2.05, 4.69) is 5.32 Å². The van der Waals surface area contributed by atoms with Gasteiger partial charge in [0.15, 0.2) is 0 Å². The predicted octanol–water partition coefficient (Wildman–Crippen LogP) is 4.55. The van der Waals surface area contributed by atoms with E-state index in [1.165, 1.54) is 16.7 Å². The van der Waals surface area contributed by atoms with E-state index in [1.54, 1.807) is 24.7 Å². The third-order valence-corrected chi connectivity index (χ3v) is 6.61. The Labute approximate surface area is 199 Å². The molecular formula is C24H19N3O4S2. The molecule has 1 saturated heterocycles. The van der Waals surface area contributed by atoms with Crippen molar-refractivity contribution in [2.75, 3.05) is 0 Å². The normalized spacial score (nSPS) is 15.2. The number of thiocarbonyl (C=S) groups is 1. The minimum atomic E-state index is -0.158. The smallest absolute Gasteiger partial charge is 0.266 e. The summed E-state index contributed by atoms with van der Waals surface area (Å²) in [6, 6.07) is 15.0. The number of fused-ring (bicyclic) bond motifs is 1. The maximum atomic E-state index is 13.0. The summed E-state index contributed by atoms with van der Waals surface area (Å²) in [5.74, 6) is 1.07. The SMILES string of the molecule is O=C(Cn1cc(/C=C2\SC(=S)N(Cc3ccco3)C2=O)c2ccccc21)NCc1ccco1.